The first kappa shape index (κ1) is 22.5. The van der Waals surface area contributed by atoms with Gasteiger partial charge in [-0.3, -0.25) is 0 Å². The Morgan fingerprint density at radius 2 is 1.63 bits per heavy atom. The lowest BCUT2D eigenvalue weighted by atomic mass is 9.98. The normalized spacial score (nSPS) is 15.9. The highest BCUT2D eigenvalue weighted by Crippen LogP contribution is 2.37. The standard InChI is InChI=1S/C20H22BrF3N4O2/c1-19(2,3)18(29)30-28-10-8-27(9-11-28)16-12-15(13-4-6-14(21)7-5-13)17(26-25-16)20(22,23)24/h4-7,12H,8-11H2,1-3H3. The van der Waals surface area contributed by atoms with E-state index < -0.39 is 17.3 Å². The zero-order valence-corrected chi connectivity index (χ0v) is 18.4. The van der Waals surface area contributed by atoms with Gasteiger partial charge in [-0.05, 0) is 44.5 Å². The van der Waals surface area contributed by atoms with Crippen molar-refractivity contribution < 1.29 is 22.8 Å². The number of hydrogen-bond acceptors (Lipinski definition) is 6. The Hall–Kier alpha value is -2.20. The molecular formula is C20H22BrF3N4O2. The second-order valence-corrected chi connectivity index (χ2v) is 8.93. The second-order valence-electron chi connectivity index (χ2n) is 8.01. The number of benzene rings is 1. The number of alkyl halides is 3. The van der Waals surface area contributed by atoms with Gasteiger partial charge in [0.25, 0.3) is 0 Å². The molecule has 1 aromatic carbocycles. The largest absolute Gasteiger partial charge is 0.435 e. The molecule has 6 nitrogen and oxygen atoms in total. The number of nitrogens with zero attached hydrogens (tertiary/aromatic N) is 4. The fourth-order valence-electron chi connectivity index (χ4n) is 2.86. The first-order valence-electron chi connectivity index (χ1n) is 9.38. The van der Waals surface area contributed by atoms with Gasteiger partial charge in [0.1, 0.15) is 0 Å². The van der Waals surface area contributed by atoms with Crippen molar-refractivity contribution in [1.29, 1.82) is 0 Å². The van der Waals surface area contributed by atoms with Crippen molar-refractivity contribution in [2.24, 2.45) is 5.41 Å². The summed E-state index contributed by atoms with van der Waals surface area (Å²) in [6.07, 6.45) is -4.62. The van der Waals surface area contributed by atoms with E-state index in [1.807, 2.05) is 4.90 Å². The molecule has 0 atom stereocenters. The van der Waals surface area contributed by atoms with Crippen LogP contribution in [0.2, 0.25) is 0 Å². The van der Waals surface area contributed by atoms with Gasteiger partial charge < -0.3 is 9.74 Å². The molecule has 0 N–H and O–H groups in total. The molecule has 2 aromatic rings. The molecule has 0 saturated carbocycles. The van der Waals surface area contributed by atoms with Gasteiger partial charge in [-0.2, -0.15) is 13.2 Å². The van der Waals surface area contributed by atoms with Gasteiger partial charge in [-0.15, -0.1) is 15.3 Å². The molecule has 1 fully saturated rings. The van der Waals surface area contributed by atoms with Crippen molar-refractivity contribution in [2.45, 2.75) is 26.9 Å². The predicted molar refractivity (Wildman–Crippen MR) is 110 cm³/mol. The Labute approximate surface area is 181 Å². The Morgan fingerprint density at radius 3 is 2.17 bits per heavy atom. The molecule has 0 aliphatic carbocycles. The lowest BCUT2D eigenvalue weighted by molar-refractivity contribution is -0.201. The van der Waals surface area contributed by atoms with E-state index in [0.717, 1.165) is 4.47 Å². The smallest absolute Gasteiger partial charge is 0.367 e. The lowest BCUT2D eigenvalue weighted by Gasteiger charge is -2.35. The number of carbonyl (C=O) groups is 1. The predicted octanol–water partition coefficient (Wildman–Crippen LogP) is 4.55. The molecule has 1 saturated heterocycles. The molecule has 0 unspecified atom stereocenters. The zero-order chi connectivity index (χ0) is 22.1. The fraction of sp³-hybridized carbons (Fsp3) is 0.450. The van der Waals surface area contributed by atoms with Crippen LogP contribution in [0.25, 0.3) is 11.1 Å². The summed E-state index contributed by atoms with van der Waals surface area (Å²) in [7, 11) is 0. The van der Waals surface area contributed by atoms with E-state index in [9.17, 15) is 18.0 Å². The first-order chi connectivity index (χ1) is 13.9. The minimum Gasteiger partial charge on any atom is -0.367 e. The zero-order valence-electron chi connectivity index (χ0n) is 16.8. The van der Waals surface area contributed by atoms with Gasteiger partial charge in [0.2, 0.25) is 0 Å². The summed E-state index contributed by atoms with van der Waals surface area (Å²) in [4.78, 5) is 19.2. The minimum atomic E-state index is -4.62. The Kier molecular flexibility index (Phi) is 6.37. The number of rotatable bonds is 3. The highest BCUT2D eigenvalue weighted by atomic mass is 79.9. The van der Waals surface area contributed by atoms with Crippen LogP contribution < -0.4 is 4.90 Å². The summed E-state index contributed by atoms with van der Waals surface area (Å²) in [5.74, 6) is 0.0190. The van der Waals surface area contributed by atoms with E-state index in [-0.39, 0.29) is 11.5 Å². The molecule has 0 radical (unpaired) electrons. The van der Waals surface area contributed by atoms with Gasteiger partial charge in [-0.25, -0.2) is 4.79 Å². The quantitative estimate of drug-likeness (QED) is 0.634. The summed E-state index contributed by atoms with van der Waals surface area (Å²) < 4.78 is 41.2. The Bertz CT molecular complexity index is 906. The maximum atomic E-state index is 13.5. The highest BCUT2D eigenvalue weighted by molar-refractivity contribution is 9.10. The van der Waals surface area contributed by atoms with E-state index in [2.05, 4.69) is 26.1 Å². The summed E-state index contributed by atoms with van der Waals surface area (Å²) in [6, 6.07) is 7.97. The SMILES string of the molecule is CC(C)(C)C(=O)ON1CCN(c2cc(-c3ccc(Br)cc3)c(C(F)(F)F)nn2)CC1. The summed E-state index contributed by atoms with van der Waals surface area (Å²) in [6.45, 7) is 7.03. The lowest BCUT2D eigenvalue weighted by Crippen LogP contribution is -2.48. The molecule has 3 rings (SSSR count). The minimum absolute atomic E-state index is 0.0263. The maximum absolute atomic E-state index is 13.5. The van der Waals surface area contributed by atoms with Gasteiger partial charge in [0.15, 0.2) is 11.5 Å². The highest BCUT2D eigenvalue weighted by Gasteiger charge is 2.37. The van der Waals surface area contributed by atoms with Crippen LogP contribution in [0.3, 0.4) is 0 Å². The molecule has 1 aromatic heterocycles. The molecule has 1 aliphatic rings. The van der Waals surface area contributed by atoms with Gasteiger partial charge in [0, 0.05) is 23.1 Å². The molecule has 0 bridgehead atoms. The van der Waals surface area contributed by atoms with E-state index in [0.29, 0.717) is 37.6 Å². The van der Waals surface area contributed by atoms with Crippen molar-refractivity contribution in [3.05, 3.63) is 40.5 Å². The summed E-state index contributed by atoms with van der Waals surface area (Å²) >= 11 is 3.29. The molecule has 162 valence electrons. The van der Waals surface area contributed by atoms with Crippen LogP contribution in [-0.2, 0) is 15.8 Å². The molecule has 0 spiro atoms. The maximum Gasteiger partial charge on any atom is 0.435 e. The van der Waals surface area contributed by atoms with Crippen LogP contribution in [0, 0.1) is 5.41 Å². The molecule has 2 heterocycles. The van der Waals surface area contributed by atoms with Crippen molar-refractivity contribution in [2.75, 3.05) is 31.1 Å². The third-order valence-corrected chi connectivity index (χ3v) is 5.12. The van der Waals surface area contributed by atoms with Crippen LogP contribution in [0.5, 0.6) is 0 Å². The fourth-order valence-corrected chi connectivity index (χ4v) is 3.12. The number of piperazine rings is 1. The number of carbonyl (C=O) groups excluding carboxylic acids is 1. The van der Waals surface area contributed by atoms with Crippen LogP contribution in [-0.4, -0.2) is 47.4 Å². The van der Waals surface area contributed by atoms with Crippen molar-refractivity contribution >= 4 is 27.7 Å². The van der Waals surface area contributed by atoms with Crippen LogP contribution in [0.4, 0.5) is 19.0 Å². The van der Waals surface area contributed by atoms with E-state index in [1.54, 1.807) is 50.1 Å². The molecule has 10 heteroatoms. The van der Waals surface area contributed by atoms with Crippen LogP contribution in [0.1, 0.15) is 26.5 Å². The monoisotopic (exact) mass is 486 g/mol. The topological polar surface area (TPSA) is 58.6 Å². The van der Waals surface area contributed by atoms with E-state index >= 15 is 0 Å². The number of aromatic nitrogens is 2. The molecule has 0 amide bonds. The molecular weight excluding hydrogens is 465 g/mol. The van der Waals surface area contributed by atoms with Crippen molar-refractivity contribution in [3.63, 3.8) is 0 Å². The third-order valence-electron chi connectivity index (χ3n) is 4.59. The number of hydroxylamine groups is 2. The third kappa shape index (κ3) is 5.28. The summed E-state index contributed by atoms with van der Waals surface area (Å²) in [5.41, 5.74) is -1.26. The van der Waals surface area contributed by atoms with E-state index in [1.165, 1.54) is 6.07 Å². The van der Waals surface area contributed by atoms with Gasteiger partial charge >= 0.3 is 12.1 Å². The first-order valence-corrected chi connectivity index (χ1v) is 10.2. The van der Waals surface area contributed by atoms with Crippen molar-refractivity contribution in [3.8, 4) is 11.1 Å². The Morgan fingerprint density at radius 1 is 1.03 bits per heavy atom. The van der Waals surface area contributed by atoms with Gasteiger partial charge in [0.05, 0.1) is 18.5 Å². The Balaban J connectivity index is 1.80. The molecule has 1 aliphatic heterocycles. The average molecular weight is 487 g/mol. The number of hydrogen-bond donors (Lipinski definition) is 0. The average Bonchev–Trinajstić information content (AvgIpc) is 2.67. The van der Waals surface area contributed by atoms with Gasteiger partial charge in [-0.1, -0.05) is 28.1 Å². The van der Waals surface area contributed by atoms with E-state index in [4.69, 9.17) is 4.84 Å². The van der Waals surface area contributed by atoms with Crippen molar-refractivity contribution in [1.82, 2.24) is 15.3 Å². The number of halogens is 4. The van der Waals surface area contributed by atoms with Crippen LogP contribution in [0.15, 0.2) is 34.8 Å². The summed E-state index contributed by atoms with van der Waals surface area (Å²) in [5, 5.41) is 8.88. The van der Waals surface area contributed by atoms with Crippen LogP contribution >= 0.6 is 15.9 Å². The second kappa shape index (κ2) is 8.50. The number of anilines is 1. The molecule has 30 heavy (non-hydrogen) atoms.